The third kappa shape index (κ3) is 7.12. The normalized spacial score (nSPS) is 15.6. The van der Waals surface area contributed by atoms with Gasteiger partial charge in [0.15, 0.2) is 0 Å². The highest BCUT2D eigenvalue weighted by molar-refractivity contribution is 6.03. The largest absolute Gasteiger partial charge is 0.491 e. The lowest BCUT2D eigenvalue weighted by molar-refractivity contribution is 0.102. The molecule has 3 heterocycles. The van der Waals surface area contributed by atoms with Crippen molar-refractivity contribution in [1.82, 2.24) is 19.4 Å². The number of nitrogens with two attached hydrogens (primary N) is 1. The van der Waals surface area contributed by atoms with Gasteiger partial charge < -0.3 is 25.1 Å². The van der Waals surface area contributed by atoms with Crippen LogP contribution < -0.4 is 15.8 Å². The molecule has 1 aliphatic heterocycles. The highest BCUT2D eigenvalue weighted by Crippen LogP contribution is 2.25. The molecular weight excluding hydrogens is 504 g/mol. The van der Waals surface area contributed by atoms with Crippen molar-refractivity contribution < 1.29 is 14.3 Å². The monoisotopic (exact) mass is 540 g/mol. The number of anilines is 1. The van der Waals surface area contributed by atoms with E-state index in [1.54, 1.807) is 25.7 Å². The summed E-state index contributed by atoms with van der Waals surface area (Å²) in [4.78, 5) is 24.4. The molecule has 1 fully saturated rings. The van der Waals surface area contributed by atoms with E-state index in [2.05, 4.69) is 26.3 Å². The lowest BCUT2D eigenvalue weighted by Gasteiger charge is -2.30. The van der Waals surface area contributed by atoms with Crippen LogP contribution in [0.2, 0.25) is 0 Å². The summed E-state index contributed by atoms with van der Waals surface area (Å²) in [7, 11) is 1.64. The SMILES string of the molecule is COCCOc1ccc(-c2ccnc(C(=O)Nc3cc(CN4CCC[C@H](N)C4)cc(-n4cnc(C)c4)c3)c2)cc1. The van der Waals surface area contributed by atoms with Gasteiger partial charge in [-0.25, -0.2) is 4.98 Å². The van der Waals surface area contributed by atoms with Gasteiger partial charge in [0.1, 0.15) is 18.1 Å². The van der Waals surface area contributed by atoms with Crippen molar-refractivity contribution in [3.8, 4) is 22.6 Å². The number of aryl methyl sites for hydroxylation is 1. The Kier molecular flexibility index (Phi) is 8.85. The van der Waals surface area contributed by atoms with Crippen LogP contribution in [-0.2, 0) is 11.3 Å². The zero-order chi connectivity index (χ0) is 27.9. The summed E-state index contributed by atoms with van der Waals surface area (Å²) in [5.41, 5.74) is 12.1. The Balaban J connectivity index is 1.34. The molecule has 1 aliphatic rings. The average molecular weight is 541 g/mol. The lowest BCUT2D eigenvalue weighted by Crippen LogP contribution is -2.42. The highest BCUT2D eigenvalue weighted by atomic mass is 16.5. The molecule has 0 bridgehead atoms. The molecule has 9 heteroatoms. The summed E-state index contributed by atoms with van der Waals surface area (Å²) in [6.07, 6.45) is 7.57. The van der Waals surface area contributed by atoms with Crippen molar-refractivity contribution in [3.05, 3.63) is 90.3 Å². The number of nitrogens with one attached hydrogen (secondary N) is 1. The minimum absolute atomic E-state index is 0.199. The summed E-state index contributed by atoms with van der Waals surface area (Å²) in [6.45, 7) is 5.62. The fraction of sp³-hybridized carbons (Fsp3) is 0.323. The number of imidazole rings is 1. The van der Waals surface area contributed by atoms with Crippen LogP contribution >= 0.6 is 0 Å². The van der Waals surface area contributed by atoms with Gasteiger partial charge in [-0.2, -0.15) is 0 Å². The van der Waals surface area contributed by atoms with Crippen molar-refractivity contribution in [2.45, 2.75) is 32.4 Å². The van der Waals surface area contributed by atoms with Crippen LogP contribution in [0.25, 0.3) is 16.8 Å². The fourth-order valence-electron chi connectivity index (χ4n) is 4.96. The van der Waals surface area contributed by atoms with Crippen molar-refractivity contribution in [3.63, 3.8) is 0 Å². The third-order valence-electron chi connectivity index (χ3n) is 6.93. The maximum atomic E-state index is 13.3. The van der Waals surface area contributed by atoms with E-state index in [1.165, 1.54) is 0 Å². The van der Waals surface area contributed by atoms with E-state index in [4.69, 9.17) is 15.2 Å². The van der Waals surface area contributed by atoms with Crippen LogP contribution in [0.5, 0.6) is 5.75 Å². The second-order valence-corrected chi connectivity index (χ2v) is 10.2. The minimum atomic E-state index is -0.272. The molecule has 0 aliphatic carbocycles. The maximum absolute atomic E-state index is 13.3. The number of ether oxygens (including phenoxy) is 2. The van der Waals surface area contributed by atoms with Gasteiger partial charge in [-0.3, -0.25) is 14.7 Å². The molecule has 3 N–H and O–H groups in total. The first-order valence-corrected chi connectivity index (χ1v) is 13.6. The number of hydrogen-bond donors (Lipinski definition) is 2. The lowest BCUT2D eigenvalue weighted by atomic mass is 10.0. The Morgan fingerprint density at radius 1 is 1.07 bits per heavy atom. The second kappa shape index (κ2) is 12.9. The average Bonchev–Trinajstić information content (AvgIpc) is 3.40. The first kappa shape index (κ1) is 27.5. The number of piperidine rings is 1. The molecule has 5 rings (SSSR count). The molecule has 0 spiro atoms. The predicted octanol–water partition coefficient (Wildman–Crippen LogP) is 4.44. The molecule has 9 nitrogen and oxygen atoms in total. The molecule has 2 aromatic heterocycles. The van der Waals surface area contributed by atoms with Gasteiger partial charge in [0.05, 0.1) is 18.6 Å². The Hall–Kier alpha value is -4.05. The van der Waals surface area contributed by atoms with E-state index in [9.17, 15) is 4.79 Å². The Morgan fingerprint density at radius 2 is 1.93 bits per heavy atom. The van der Waals surface area contributed by atoms with Crippen LogP contribution in [0.15, 0.2) is 73.3 Å². The number of carbonyl (C=O) groups excluding carboxylic acids is 1. The summed E-state index contributed by atoms with van der Waals surface area (Å²) in [5.74, 6) is 0.495. The highest BCUT2D eigenvalue weighted by Gasteiger charge is 2.18. The Morgan fingerprint density at radius 3 is 2.67 bits per heavy atom. The number of amides is 1. The van der Waals surface area contributed by atoms with Gasteiger partial charge in [-0.15, -0.1) is 0 Å². The minimum Gasteiger partial charge on any atom is -0.491 e. The van der Waals surface area contributed by atoms with Crippen molar-refractivity contribution in [2.75, 3.05) is 38.7 Å². The van der Waals surface area contributed by atoms with Gasteiger partial charge in [0.25, 0.3) is 5.91 Å². The van der Waals surface area contributed by atoms with Crippen LogP contribution in [-0.4, -0.2) is 64.8 Å². The molecule has 1 amide bonds. The van der Waals surface area contributed by atoms with Crippen LogP contribution in [0.4, 0.5) is 5.69 Å². The van der Waals surface area contributed by atoms with E-state index >= 15 is 0 Å². The van der Waals surface area contributed by atoms with E-state index < -0.39 is 0 Å². The Bertz CT molecular complexity index is 1440. The standard InChI is InChI=1S/C31H36N6O3/c1-22-18-37(21-34-22)28-15-23(19-36-11-3-4-26(32)20-36)14-27(17-28)35-31(38)30-16-25(9-10-33-30)24-5-7-29(8-6-24)40-13-12-39-2/h5-10,14-18,21,26H,3-4,11-13,19-20,32H2,1-2H3,(H,35,38)/t26-/m0/s1. The molecule has 2 aromatic carbocycles. The number of benzene rings is 2. The van der Waals surface area contributed by atoms with E-state index in [0.717, 1.165) is 66.3 Å². The molecule has 0 radical (unpaired) electrons. The van der Waals surface area contributed by atoms with Crippen molar-refractivity contribution in [1.29, 1.82) is 0 Å². The Labute approximate surface area is 235 Å². The quantitative estimate of drug-likeness (QED) is 0.286. The van der Waals surface area contributed by atoms with Gasteiger partial charge in [-0.05, 0) is 85.5 Å². The summed E-state index contributed by atoms with van der Waals surface area (Å²) >= 11 is 0. The van der Waals surface area contributed by atoms with E-state index in [-0.39, 0.29) is 11.9 Å². The smallest absolute Gasteiger partial charge is 0.274 e. The summed E-state index contributed by atoms with van der Waals surface area (Å²) in [6, 6.07) is 17.8. The van der Waals surface area contributed by atoms with E-state index in [1.807, 2.05) is 60.2 Å². The van der Waals surface area contributed by atoms with Crippen LogP contribution in [0.1, 0.15) is 34.6 Å². The van der Waals surface area contributed by atoms with E-state index in [0.29, 0.717) is 24.6 Å². The van der Waals surface area contributed by atoms with Gasteiger partial charge >= 0.3 is 0 Å². The zero-order valence-electron chi connectivity index (χ0n) is 23.0. The van der Waals surface area contributed by atoms with Crippen LogP contribution in [0.3, 0.4) is 0 Å². The number of pyridine rings is 1. The van der Waals surface area contributed by atoms with Gasteiger partial charge in [0.2, 0.25) is 0 Å². The number of rotatable bonds is 10. The molecule has 1 saturated heterocycles. The molecule has 208 valence electrons. The predicted molar refractivity (Wildman–Crippen MR) is 156 cm³/mol. The third-order valence-corrected chi connectivity index (χ3v) is 6.93. The van der Waals surface area contributed by atoms with Crippen LogP contribution in [0, 0.1) is 6.92 Å². The summed E-state index contributed by atoms with van der Waals surface area (Å²) in [5, 5.41) is 3.07. The zero-order valence-corrected chi connectivity index (χ0v) is 23.0. The molecule has 40 heavy (non-hydrogen) atoms. The molecule has 1 atom stereocenters. The number of likely N-dealkylation sites (tertiary alicyclic amines) is 1. The maximum Gasteiger partial charge on any atom is 0.274 e. The first-order chi connectivity index (χ1) is 19.5. The number of methoxy groups -OCH3 is 1. The summed E-state index contributed by atoms with van der Waals surface area (Å²) < 4.78 is 12.7. The van der Waals surface area contributed by atoms with Gasteiger partial charge in [0, 0.05) is 50.0 Å². The first-order valence-electron chi connectivity index (χ1n) is 13.6. The molecular formula is C31H36N6O3. The number of hydrogen-bond acceptors (Lipinski definition) is 7. The number of nitrogens with zero attached hydrogens (tertiary/aromatic N) is 4. The van der Waals surface area contributed by atoms with Crippen molar-refractivity contribution >= 4 is 11.6 Å². The fourth-order valence-corrected chi connectivity index (χ4v) is 4.96. The van der Waals surface area contributed by atoms with Gasteiger partial charge in [-0.1, -0.05) is 12.1 Å². The topological polar surface area (TPSA) is 108 Å². The number of carbonyl (C=O) groups is 1. The second-order valence-electron chi connectivity index (χ2n) is 10.2. The number of aromatic nitrogens is 3. The van der Waals surface area contributed by atoms with Crippen molar-refractivity contribution in [2.24, 2.45) is 5.73 Å². The molecule has 4 aromatic rings. The molecule has 0 unspecified atom stereocenters. The molecule has 0 saturated carbocycles.